The lowest BCUT2D eigenvalue weighted by molar-refractivity contribution is 0.0347. The Labute approximate surface area is 125 Å². The molecule has 0 spiro atoms. The minimum atomic E-state index is 0.0905. The minimum absolute atomic E-state index is 0.0905. The Hall–Kier alpha value is -1.01. The highest BCUT2D eigenvalue weighted by Gasteiger charge is 2.15. The number of nitrogens with one attached hydrogen (secondary N) is 1. The normalized spacial score (nSPS) is 16.6. The van der Waals surface area contributed by atoms with Gasteiger partial charge in [-0.1, -0.05) is 19.3 Å². The maximum Gasteiger partial charge on any atom is 0.197 e. The molecule has 0 aliphatic heterocycles. The first-order valence-electron chi connectivity index (χ1n) is 7.44. The molecule has 0 aromatic carbocycles. The van der Waals surface area contributed by atoms with Crippen LogP contribution in [0.5, 0.6) is 5.75 Å². The van der Waals surface area contributed by atoms with Crippen LogP contribution >= 0.6 is 11.5 Å². The second-order valence-corrected chi connectivity index (χ2v) is 6.22. The molecule has 20 heavy (non-hydrogen) atoms. The van der Waals surface area contributed by atoms with Crippen LogP contribution in [-0.4, -0.2) is 29.7 Å². The lowest BCUT2D eigenvalue weighted by Crippen LogP contribution is -2.20. The molecule has 1 aliphatic carbocycles. The summed E-state index contributed by atoms with van der Waals surface area (Å²) in [6.45, 7) is 5.43. The minimum Gasteiger partial charge on any atom is -0.484 e. The Kier molecular flexibility index (Phi) is 5.91. The predicted molar refractivity (Wildman–Crippen MR) is 83.6 cm³/mol. The van der Waals surface area contributed by atoms with Crippen molar-refractivity contribution in [2.24, 2.45) is 0 Å². The van der Waals surface area contributed by atoms with Gasteiger partial charge in [0.15, 0.2) is 16.6 Å². The Morgan fingerprint density at radius 3 is 2.80 bits per heavy atom. The summed E-state index contributed by atoms with van der Waals surface area (Å²) in [6, 6.07) is 0. The van der Waals surface area contributed by atoms with Crippen LogP contribution in [0.2, 0.25) is 0 Å². The van der Waals surface area contributed by atoms with Crippen molar-refractivity contribution in [2.75, 3.05) is 24.2 Å². The fourth-order valence-corrected chi connectivity index (χ4v) is 3.05. The van der Waals surface area contributed by atoms with Gasteiger partial charge in [0.1, 0.15) is 0 Å². The molecule has 1 aliphatic rings. The van der Waals surface area contributed by atoms with Crippen LogP contribution in [0.25, 0.3) is 0 Å². The third-order valence-electron chi connectivity index (χ3n) is 3.32. The molecule has 0 unspecified atom stereocenters. The van der Waals surface area contributed by atoms with Crippen molar-refractivity contribution in [3.63, 3.8) is 0 Å². The largest absolute Gasteiger partial charge is 0.484 e. The van der Waals surface area contributed by atoms with Gasteiger partial charge < -0.3 is 20.5 Å². The summed E-state index contributed by atoms with van der Waals surface area (Å²) >= 11 is 1.34. The summed E-state index contributed by atoms with van der Waals surface area (Å²) < 4.78 is 15.7. The summed E-state index contributed by atoms with van der Waals surface area (Å²) in [5.74, 6) is 1.13. The van der Waals surface area contributed by atoms with Crippen LogP contribution < -0.4 is 15.8 Å². The van der Waals surface area contributed by atoms with Crippen LogP contribution in [0.15, 0.2) is 0 Å². The standard InChI is InChI=1S/C14H25N3O2S/c1-10(2)19-12-13(15)17-20-14(12)16-8-9-18-11-6-4-3-5-7-11/h10-11,16H,3-9H2,1-2H3,(H2,15,17). The Morgan fingerprint density at radius 2 is 2.10 bits per heavy atom. The van der Waals surface area contributed by atoms with Gasteiger partial charge in [-0.3, -0.25) is 0 Å². The summed E-state index contributed by atoms with van der Waals surface area (Å²) in [5, 5.41) is 4.20. The molecule has 1 aromatic heterocycles. The van der Waals surface area contributed by atoms with E-state index in [1.54, 1.807) is 0 Å². The number of anilines is 2. The number of hydrogen-bond donors (Lipinski definition) is 2. The van der Waals surface area contributed by atoms with E-state index < -0.39 is 0 Å². The molecule has 5 nitrogen and oxygen atoms in total. The predicted octanol–water partition coefficient (Wildman–Crippen LogP) is 3.27. The summed E-state index contributed by atoms with van der Waals surface area (Å²) in [6.07, 6.45) is 6.90. The Morgan fingerprint density at radius 1 is 1.35 bits per heavy atom. The number of nitrogen functional groups attached to an aromatic ring is 1. The van der Waals surface area contributed by atoms with E-state index in [0.717, 1.165) is 11.5 Å². The smallest absolute Gasteiger partial charge is 0.197 e. The fourth-order valence-electron chi connectivity index (χ4n) is 2.38. The van der Waals surface area contributed by atoms with Gasteiger partial charge in [-0.15, -0.1) is 0 Å². The third-order valence-corrected chi connectivity index (χ3v) is 4.12. The average Bonchev–Trinajstić information content (AvgIpc) is 2.77. The molecule has 1 fully saturated rings. The molecule has 1 heterocycles. The maximum atomic E-state index is 5.88. The number of hydrogen-bond acceptors (Lipinski definition) is 6. The zero-order chi connectivity index (χ0) is 14.4. The molecule has 0 amide bonds. The van der Waals surface area contributed by atoms with Gasteiger partial charge in [0.05, 0.1) is 18.8 Å². The first-order chi connectivity index (χ1) is 9.66. The van der Waals surface area contributed by atoms with Gasteiger partial charge in [0.2, 0.25) is 0 Å². The lowest BCUT2D eigenvalue weighted by Gasteiger charge is -2.22. The van der Waals surface area contributed by atoms with Crippen LogP contribution in [0.3, 0.4) is 0 Å². The van der Waals surface area contributed by atoms with Crippen LogP contribution in [-0.2, 0) is 4.74 Å². The van der Waals surface area contributed by atoms with E-state index in [0.29, 0.717) is 24.3 Å². The number of nitrogens with zero attached hydrogens (tertiary/aromatic N) is 1. The van der Waals surface area contributed by atoms with Gasteiger partial charge in [-0.2, -0.15) is 4.37 Å². The van der Waals surface area contributed by atoms with Crippen molar-refractivity contribution in [1.82, 2.24) is 4.37 Å². The Bertz CT molecular complexity index is 403. The zero-order valence-electron chi connectivity index (χ0n) is 12.4. The highest BCUT2D eigenvalue weighted by Crippen LogP contribution is 2.35. The second kappa shape index (κ2) is 7.69. The van der Waals surface area contributed by atoms with Gasteiger partial charge >= 0.3 is 0 Å². The first kappa shape index (κ1) is 15.4. The second-order valence-electron chi connectivity index (χ2n) is 5.45. The van der Waals surface area contributed by atoms with Crippen molar-refractivity contribution >= 4 is 22.4 Å². The number of ether oxygens (including phenoxy) is 2. The van der Waals surface area contributed by atoms with Gasteiger partial charge in [0, 0.05) is 6.54 Å². The van der Waals surface area contributed by atoms with Crippen LogP contribution in [0.4, 0.5) is 10.8 Å². The van der Waals surface area contributed by atoms with Gasteiger partial charge in [-0.05, 0) is 38.2 Å². The molecule has 1 aromatic rings. The van der Waals surface area contributed by atoms with Gasteiger partial charge in [0.25, 0.3) is 0 Å². The number of nitrogens with two attached hydrogens (primary N) is 1. The number of aromatic nitrogens is 1. The van der Waals surface area contributed by atoms with E-state index >= 15 is 0 Å². The average molecular weight is 299 g/mol. The summed E-state index contributed by atoms with van der Waals surface area (Å²) in [7, 11) is 0. The molecule has 0 saturated heterocycles. The van der Waals surface area contributed by atoms with Crippen molar-refractivity contribution in [3.05, 3.63) is 0 Å². The number of rotatable bonds is 7. The maximum absolute atomic E-state index is 5.88. The van der Waals surface area contributed by atoms with Crippen molar-refractivity contribution in [3.8, 4) is 5.75 Å². The highest BCUT2D eigenvalue weighted by atomic mass is 32.1. The topological polar surface area (TPSA) is 69.4 Å². The fraction of sp³-hybridized carbons (Fsp3) is 0.786. The van der Waals surface area contributed by atoms with Crippen molar-refractivity contribution in [2.45, 2.75) is 58.2 Å². The summed E-state index contributed by atoms with van der Waals surface area (Å²) in [4.78, 5) is 0. The van der Waals surface area contributed by atoms with E-state index in [1.807, 2.05) is 13.8 Å². The molecule has 2 rings (SSSR count). The molecule has 0 bridgehead atoms. The molecule has 114 valence electrons. The monoisotopic (exact) mass is 299 g/mol. The Balaban J connectivity index is 1.73. The van der Waals surface area contributed by atoms with Crippen LogP contribution in [0, 0.1) is 0 Å². The van der Waals surface area contributed by atoms with Gasteiger partial charge in [-0.25, -0.2) is 0 Å². The molecular formula is C14H25N3O2S. The quantitative estimate of drug-likeness (QED) is 0.756. The third kappa shape index (κ3) is 4.52. The molecule has 3 N–H and O–H groups in total. The first-order valence-corrected chi connectivity index (χ1v) is 8.21. The highest BCUT2D eigenvalue weighted by molar-refractivity contribution is 7.11. The molecule has 1 saturated carbocycles. The molecular weight excluding hydrogens is 274 g/mol. The molecule has 0 radical (unpaired) electrons. The molecule has 6 heteroatoms. The molecule has 0 atom stereocenters. The SMILES string of the molecule is CC(C)Oc1c(N)nsc1NCCOC1CCCCC1. The van der Waals surface area contributed by atoms with Crippen LogP contribution in [0.1, 0.15) is 46.0 Å². The summed E-state index contributed by atoms with van der Waals surface area (Å²) in [5.41, 5.74) is 5.81. The zero-order valence-corrected chi connectivity index (χ0v) is 13.2. The van der Waals surface area contributed by atoms with E-state index in [-0.39, 0.29) is 6.10 Å². The van der Waals surface area contributed by atoms with Crippen molar-refractivity contribution < 1.29 is 9.47 Å². The van der Waals surface area contributed by atoms with E-state index in [4.69, 9.17) is 15.2 Å². The van der Waals surface area contributed by atoms with E-state index in [9.17, 15) is 0 Å². The van der Waals surface area contributed by atoms with E-state index in [1.165, 1.54) is 43.6 Å². The lowest BCUT2D eigenvalue weighted by atomic mass is 9.98. The van der Waals surface area contributed by atoms with E-state index in [2.05, 4.69) is 9.69 Å². The van der Waals surface area contributed by atoms with Crippen molar-refractivity contribution in [1.29, 1.82) is 0 Å².